The quantitative estimate of drug-likeness (QED) is 0.748. The maximum atomic E-state index is 5.91. The van der Waals surface area contributed by atoms with Gasteiger partial charge in [-0.3, -0.25) is 0 Å². The Hall–Kier alpha value is -1.52. The van der Waals surface area contributed by atoms with Crippen molar-refractivity contribution in [2.24, 2.45) is 0 Å². The van der Waals surface area contributed by atoms with E-state index in [1.807, 2.05) is 32.0 Å². The molecule has 0 saturated heterocycles. The van der Waals surface area contributed by atoms with Crippen molar-refractivity contribution in [1.29, 1.82) is 0 Å². The molecule has 1 aliphatic rings. The van der Waals surface area contributed by atoms with Gasteiger partial charge in [-0.2, -0.15) is 0 Å². The highest BCUT2D eigenvalue weighted by Gasteiger charge is 2.21. The summed E-state index contributed by atoms with van der Waals surface area (Å²) in [6.07, 6.45) is 4.58. The smallest absolute Gasteiger partial charge is 0.160 e. The molecule has 4 nitrogen and oxygen atoms in total. The minimum absolute atomic E-state index is 0.231. The van der Waals surface area contributed by atoms with E-state index in [1.54, 1.807) is 14.2 Å². The molecule has 4 heteroatoms. The second kappa shape index (κ2) is 6.29. The molecule has 0 aliphatic carbocycles. The Labute approximate surface area is 120 Å². The lowest BCUT2D eigenvalue weighted by Crippen LogP contribution is -2.27. The molecule has 0 atom stereocenters. The predicted molar refractivity (Wildman–Crippen MR) is 78.1 cm³/mol. The third-order valence-electron chi connectivity index (χ3n) is 3.17. The second-order valence-corrected chi connectivity index (χ2v) is 5.28. The lowest BCUT2D eigenvalue weighted by atomic mass is 10.0. The van der Waals surface area contributed by atoms with Crippen LogP contribution in [0, 0.1) is 0 Å². The van der Waals surface area contributed by atoms with Crippen molar-refractivity contribution in [1.82, 2.24) is 0 Å². The molecule has 20 heavy (non-hydrogen) atoms. The molecular weight excluding hydrogens is 256 g/mol. The van der Waals surface area contributed by atoms with Crippen LogP contribution in [0.4, 0.5) is 0 Å². The molecule has 0 fully saturated rings. The van der Waals surface area contributed by atoms with Crippen molar-refractivity contribution in [3.63, 3.8) is 0 Å². The zero-order chi connectivity index (χ0) is 14.6. The Morgan fingerprint density at radius 3 is 2.65 bits per heavy atom. The molecule has 0 N–H and O–H groups in total. The summed E-state index contributed by atoms with van der Waals surface area (Å²) in [4.78, 5) is 0. The van der Waals surface area contributed by atoms with E-state index in [0.717, 1.165) is 17.1 Å². The highest BCUT2D eigenvalue weighted by molar-refractivity contribution is 5.62. The molecule has 0 bridgehead atoms. The lowest BCUT2D eigenvalue weighted by Gasteiger charge is -2.28. The third kappa shape index (κ3) is 3.74. The number of hydrogen-bond donors (Lipinski definition) is 0. The van der Waals surface area contributed by atoms with E-state index in [9.17, 15) is 0 Å². The normalized spacial score (nSPS) is 15.8. The summed E-state index contributed by atoms with van der Waals surface area (Å²) in [6, 6.07) is 5.87. The van der Waals surface area contributed by atoms with Gasteiger partial charge in [-0.1, -0.05) is 6.08 Å². The summed E-state index contributed by atoms with van der Waals surface area (Å²) >= 11 is 0. The van der Waals surface area contributed by atoms with E-state index in [1.165, 1.54) is 0 Å². The van der Waals surface area contributed by atoms with Gasteiger partial charge in [0.25, 0.3) is 0 Å². The van der Waals surface area contributed by atoms with Gasteiger partial charge < -0.3 is 18.9 Å². The number of hydrogen-bond acceptors (Lipinski definition) is 4. The first-order chi connectivity index (χ1) is 9.54. The molecule has 0 saturated carbocycles. The predicted octanol–water partition coefficient (Wildman–Crippen LogP) is 3.26. The minimum Gasteiger partial charge on any atom is -0.493 e. The van der Waals surface area contributed by atoms with Crippen LogP contribution in [-0.2, 0) is 9.47 Å². The van der Waals surface area contributed by atoms with Gasteiger partial charge in [0.2, 0.25) is 0 Å². The van der Waals surface area contributed by atoms with E-state index in [-0.39, 0.29) is 11.9 Å². The van der Waals surface area contributed by atoms with Crippen molar-refractivity contribution in [3.05, 3.63) is 29.8 Å². The monoisotopic (exact) mass is 278 g/mol. The third-order valence-corrected chi connectivity index (χ3v) is 3.17. The summed E-state index contributed by atoms with van der Waals surface area (Å²) < 4.78 is 21.9. The molecule has 1 aliphatic heterocycles. The van der Waals surface area contributed by atoms with Gasteiger partial charge in [0.1, 0.15) is 17.1 Å². The number of methoxy groups -OCH3 is 2. The molecule has 2 rings (SSSR count). The van der Waals surface area contributed by atoms with Crippen LogP contribution >= 0.6 is 0 Å². The zero-order valence-corrected chi connectivity index (χ0v) is 12.5. The molecule has 0 aromatic heterocycles. The fourth-order valence-corrected chi connectivity index (χ4v) is 2.04. The lowest BCUT2D eigenvalue weighted by molar-refractivity contribution is -0.110. The maximum absolute atomic E-state index is 5.91. The van der Waals surface area contributed by atoms with Crippen LogP contribution in [0.5, 0.6) is 11.5 Å². The van der Waals surface area contributed by atoms with Crippen LogP contribution in [-0.4, -0.2) is 32.7 Å². The topological polar surface area (TPSA) is 36.9 Å². The number of rotatable bonds is 6. The highest BCUT2D eigenvalue weighted by atomic mass is 16.7. The molecule has 0 spiro atoms. The van der Waals surface area contributed by atoms with Crippen LogP contribution < -0.4 is 9.47 Å². The van der Waals surface area contributed by atoms with Gasteiger partial charge in [0, 0.05) is 32.3 Å². The van der Waals surface area contributed by atoms with Crippen molar-refractivity contribution in [2.45, 2.75) is 32.2 Å². The van der Waals surface area contributed by atoms with Crippen LogP contribution in [0.3, 0.4) is 0 Å². The van der Waals surface area contributed by atoms with E-state index in [4.69, 9.17) is 18.9 Å². The Balaban J connectivity index is 1.96. The summed E-state index contributed by atoms with van der Waals surface area (Å²) in [5.74, 6) is 1.64. The van der Waals surface area contributed by atoms with Gasteiger partial charge in [-0.05, 0) is 32.1 Å². The summed E-state index contributed by atoms with van der Waals surface area (Å²) in [6.45, 7) is 4.59. The largest absolute Gasteiger partial charge is 0.493 e. The number of benzene rings is 1. The average molecular weight is 278 g/mol. The van der Waals surface area contributed by atoms with Crippen LogP contribution in [0.25, 0.3) is 6.08 Å². The van der Waals surface area contributed by atoms with E-state index < -0.39 is 0 Å². The molecule has 0 amide bonds. The van der Waals surface area contributed by atoms with Crippen molar-refractivity contribution >= 4 is 6.08 Å². The number of fused-ring (bicyclic) bond motifs is 1. The summed E-state index contributed by atoms with van der Waals surface area (Å²) in [5.41, 5.74) is 0.798. The Kier molecular flexibility index (Phi) is 4.68. The molecule has 0 unspecified atom stereocenters. The van der Waals surface area contributed by atoms with Crippen LogP contribution in [0.2, 0.25) is 0 Å². The summed E-state index contributed by atoms with van der Waals surface area (Å²) in [5, 5.41) is 0. The minimum atomic E-state index is -0.275. The van der Waals surface area contributed by atoms with Gasteiger partial charge in [-0.15, -0.1) is 0 Å². The van der Waals surface area contributed by atoms with Crippen LogP contribution in [0.1, 0.15) is 25.8 Å². The van der Waals surface area contributed by atoms with Crippen molar-refractivity contribution in [3.8, 4) is 11.5 Å². The van der Waals surface area contributed by atoms with Gasteiger partial charge in [-0.25, -0.2) is 0 Å². The first-order valence-electron chi connectivity index (χ1n) is 6.75. The average Bonchev–Trinajstić information content (AvgIpc) is 2.42. The fourth-order valence-electron chi connectivity index (χ4n) is 2.04. The zero-order valence-electron chi connectivity index (χ0n) is 12.5. The van der Waals surface area contributed by atoms with Crippen LogP contribution in [0.15, 0.2) is 24.3 Å². The molecule has 1 aromatic rings. The van der Waals surface area contributed by atoms with Gasteiger partial charge in [0.05, 0.1) is 6.61 Å². The van der Waals surface area contributed by atoms with Gasteiger partial charge >= 0.3 is 0 Å². The van der Waals surface area contributed by atoms with E-state index in [2.05, 4.69) is 12.2 Å². The highest BCUT2D eigenvalue weighted by Crippen LogP contribution is 2.33. The Morgan fingerprint density at radius 1 is 1.20 bits per heavy atom. The molecule has 1 aromatic carbocycles. The molecule has 110 valence electrons. The first kappa shape index (κ1) is 14.9. The fraction of sp³-hybridized carbons (Fsp3) is 0.500. The molecule has 1 heterocycles. The summed E-state index contributed by atoms with van der Waals surface area (Å²) in [7, 11) is 3.24. The Morgan fingerprint density at radius 2 is 1.95 bits per heavy atom. The Bertz CT molecular complexity index is 475. The molecule has 0 radical (unpaired) electrons. The molecular formula is C16H22O4. The van der Waals surface area contributed by atoms with E-state index in [0.29, 0.717) is 13.0 Å². The second-order valence-electron chi connectivity index (χ2n) is 5.28. The van der Waals surface area contributed by atoms with Gasteiger partial charge in [0.15, 0.2) is 6.29 Å². The van der Waals surface area contributed by atoms with E-state index >= 15 is 0 Å². The maximum Gasteiger partial charge on any atom is 0.160 e. The first-order valence-corrected chi connectivity index (χ1v) is 6.75. The SMILES string of the molecule is COC(CCOc1ccc2c(c1)OC(C)(C)C=C2)OC. The van der Waals surface area contributed by atoms with Crippen molar-refractivity contribution in [2.75, 3.05) is 20.8 Å². The number of ether oxygens (including phenoxy) is 4. The van der Waals surface area contributed by atoms with Crippen molar-refractivity contribution < 1.29 is 18.9 Å². The standard InChI is InChI=1S/C16H22O4/c1-16(2)9-7-12-5-6-13(11-14(12)20-16)19-10-8-15(17-3)18-4/h5-7,9,11,15H,8,10H2,1-4H3.